The molecular formula is C17H11BrClN3O3. The number of nitrogens with one attached hydrogen (secondary N) is 1. The minimum absolute atomic E-state index is 0.137. The van der Waals surface area contributed by atoms with E-state index in [0.29, 0.717) is 16.4 Å². The maximum atomic E-state index is 12.1. The summed E-state index contributed by atoms with van der Waals surface area (Å²) in [5.74, 6) is -0.517. The van der Waals surface area contributed by atoms with Crippen molar-refractivity contribution in [3.63, 3.8) is 0 Å². The minimum Gasteiger partial charge on any atom is -0.493 e. The smallest absolute Gasteiger partial charge is 0.335 e. The number of aromatic amines is 1. The summed E-state index contributed by atoms with van der Waals surface area (Å²) in [6.07, 6.45) is 1.21. The molecule has 2 N–H and O–H groups in total. The van der Waals surface area contributed by atoms with Crippen LogP contribution in [0.25, 0.3) is 5.69 Å². The van der Waals surface area contributed by atoms with E-state index in [1.807, 2.05) is 0 Å². The maximum Gasteiger partial charge on any atom is 0.335 e. The largest absolute Gasteiger partial charge is 0.493 e. The van der Waals surface area contributed by atoms with Crippen LogP contribution >= 0.6 is 27.5 Å². The van der Waals surface area contributed by atoms with Crippen molar-refractivity contribution >= 4 is 39.4 Å². The number of benzene rings is 2. The van der Waals surface area contributed by atoms with E-state index in [4.69, 9.17) is 11.6 Å². The predicted octanol–water partition coefficient (Wildman–Crippen LogP) is 3.40. The minimum atomic E-state index is -0.773. The Morgan fingerprint density at radius 3 is 2.56 bits per heavy atom. The second-order valence-electron chi connectivity index (χ2n) is 5.05. The molecule has 0 aliphatic rings. The van der Waals surface area contributed by atoms with Crippen molar-refractivity contribution in [2.75, 3.05) is 0 Å². The van der Waals surface area contributed by atoms with Crippen molar-refractivity contribution in [1.82, 2.24) is 9.55 Å². The highest BCUT2D eigenvalue weighted by molar-refractivity contribution is 9.10. The molecule has 3 rings (SSSR count). The van der Waals surface area contributed by atoms with Crippen LogP contribution in [0, 0.1) is 0 Å². The standard InChI is InChI=1S/C17H11BrClN3O3/c18-10-4-6-12(7-5-10)20-9-14-15(23)21-17(25)22(16(14)24)13-3-1-2-11(19)8-13/h1-9,24H,(H,21,23,25). The van der Waals surface area contributed by atoms with Crippen molar-refractivity contribution in [3.8, 4) is 11.6 Å². The Labute approximate surface area is 155 Å². The summed E-state index contributed by atoms with van der Waals surface area (Å²) in [5.41, 5.74) is -0.735. The third-order valence-corrected chi connectivity index (χ3v) is 4.12. The van der Waals surface area contributed by atoms with Gasteiger partial charge in [0.15, 0.2) is 0 Å². The summed E-state index contributed by atoms with van der Waals surface area (Å²) in [6, 6.07) is 13.4. The number of aromatic hydroxyl groups is 1. The summed E-state index contributed by atoms with van der Waals surface area (Å²) < 4.78 is 1.84. The topological polar surface area (TPSA) is 87.5 Å². The van der Waals surface area contributed by atoms with E-state index in [0.717, 1.165) is 9.04 Å². The molecule has 25 heavy (non-hydrogen) atoms. The number of hydrogen-bond donors (Lipinski definition) is 2. The van der Waals surface area contributed by atoms with Crippen LogP contribution in [-0.4, -0.2) is 20.9 Å². The first kappa shape index (κ1) is 17.2. The second kappa shape index (κ2) is 7.08. The predicted molar refractivity (Wildman–Crippen MR) is 101 cm³/mol. The van der Waals surface area contributed by atoms with Crippen molar-refractivity contribution < 1.29 is 5.11 Å². The van der Waals surface area contributed by atoms with E-state index in [1.54, 1.807) is 42.5 Å². The normalized spacial score (nSPS) is 11.1. The Kier molecular flexibility index (Phi) is 4.87. The van der Waals surface area contributed by atoms with Gasteiger partial charge in [-0.15, -0.1) is 0 Å². The number of nitrogens with zero attached hydrogens (tertiary/aromatic N) is 2. The van der Waals surface area contributed by atoms with Crippen molar-refractivity contribution in [2.24, 2.45) is 4.99 Å². The molecule has 0 saturated carbocycles. The van der Waals surface area contributed by atoms with E-state index >= 15 is 0 Å². The number of H-pyrrole nitrogens is 1. The Balaban J connectivity index is 2.12. The number of aromatic nitrogens is 2. The molecule has 3 aromatic rings. The second-order valence-corrected chi connectivity index (χ2v) is 6.40. The van der Waals surface area contributed by atoms with Gasteiger partial charge < -0.3 is 5.11 Å². The molecule has 2 aromatic carbocycles. The molecule has 8 heteroatoms. The Bertz CT molecular complexity index is 1070. The van der Waals surface area contributed by atoms with Gasteiger partial charge in [0.2, 0.25) is 5.88 Å². The fourth-order valence-corrected chi connectivity index (χ4v) is 2.62. The fraction of sp³-hybridized carbons (Fsp3) is 0. The SMILES string of the molecule is O=c1[nH]c(=O)n(-c2cccc(Cl)c2)c(O)c1C=Nc1ccc(Br)cc1. The number of halogens is 2. The lowest BCUT2D eigenvalue weighted by Gasteiger charge is -2.09. The van der Waals surface area contributed by atoms with Crippen LogP contribution in [0.1, 0.15) is 5.56 Å². The molecule has 1 aromatic heterocycles. The summed E-state index contributed by atoms with van der Waals surface area (Å²) in [7, 11) is 0. The Morgan fingerprint density at radius 1 is 1.16 bits per heavy atom. The van der Waals surface area contributed by atoms with E-state index in [1.165, 1.54) is 12.3 Å². The van der Waals surface area contributed by atoms with Gasteiger partial charge in [-0.2, -0.15) is 0 Å². The first-order chi connectivity index (χ1) is 12.0. The zero-order valence-corrected chi connectivity index (χ0v) is 15.0. The van der Waals surface area contributed by atoms with Crippen LogP contribution < -0.4 is 11.2 Å². The molecule has 0 radical (unpaired) electrons. The van der Waals surface area contributed by atoms with Crippen molar-refractivity contribution in [3.05, 3.63) is 84.4 Å². The van der Waals surface area contributed by atoms with Gasteiger partial charge in [-0.1, -0.05) is 33.6 Å². The third-order valence-electron chi connectivity index (χ3n) is 3.36. The number of hydrogen-bond acceptors (Lipinski definition) is 4. The molecule has 0 unspecified atom stereocenters. The summed E-state index contributed by atoms with van der Waals surface area (Å²) in [5, 5.41) is 10.8. The zero-order valence-electron chi connectivity index (χ0n) is 12.6. The van der Waals surface area contributed by atoms with Gasteiger partial charge in [0.25, 0.3) is 5.56 Å². The van der Waals surface area contributed by atoms with Gasteiger partial charge in [0.1, 0.15) is 5.56 Å². The molecule has 0 spiro atoms. The molecule has 0 saturated heterocycles. The lowest BCUT2D eigenvalue weighted by atomic mass is 10.3. The summed E-state index contributed by atoms with van der Waals surface area (Å²) in [6.45, 7) is 0. The molecule has 0 aliphatic carbocycles. The lowest BCUT2D eigenvalue weighted by molar-refractivity contribution is 0.430. The van der Waals surface area contributed by atoms with Crippen LogP contribution in [0.4, 0.5) is 5.69 Å². The van der Waals surface area contributed by atoms with Gasteiger partial charge in [-0.05, 0) is 42.5 Å². The Hall–Kier alpha value is -2.64. The van der Waals surface area contributed by atoms with Gasteiger partial charge in [0.05, 0.1) is 11.4 Å². The number of rotatable bonds is 3. The molecular weight excluding hydrogens is 410 g/mol. The molecule has 0 bridgehead atoms. The first-order valence-electron chi connectivity index (χ1n) is 7.09. The van der Waals surface area contributed by atoms with E-state index in [-0.39, 0.29) is 5.56 Å². The average molecular weight is 421 g/mol. The monoisotopic (exact) mass is 419 g/mol. The fourth-order valence-electron chi connectivity index (χ4n) is 2.18. The molecule has 0 atom stereocenters. The summed E-state index contributed by atoms with van der Waals surface area (Å²) >= 11 is 9.24. The summed E-state index contributed by atoms with van der Waals surface area (Å²) in [4.78, 5) is 30.4. The Morgan fingerprint density at radius 2 is 1.88 bits per heavy atom. The van der Waals surface area contributed by atoms with Crippen LogP contribution in [0.5, 0.6) is 5.88 Å². The van der Waals surface area contributed by atoms with Gasteiger partial charge >= 0.3 is 5.69 Å². The number of aliphatic imine (C=N–C) groups is 1. The van der Waals surface area contributed by atoms with E-state index in [2.05, 4.69) is 25.9 Å². The van der Waals surface area contributed by atoms with Crippen LogP contribution in [-0.2, 0) is 0 Å². The van der Waals surface area contributed by atoms with Gasteiger partial charge in [-0.3, -0.25) is 14.8 Å². The molecule has 0 fully saturated rings. The van der Waals surface area contributed by atoms with E-state index < -0.39 is 17.1 Å². The van der Waals surface area contributed by atoms with Crippen molar-refractivity contribution in [2.45, 2.75) is 0 Å². The zero-order chi connectivity index (χ0) is 18.0. The quantitative estimate of drug-likeness (QED) is 0.637. The van der Waals surface area contributed by atoms with Crippen molar-refractivity contribution in [1.29, 1.82) is 0 Å². The first-order valence-corrected chi connectivity index (χ1v) is 8.26. The maximum absolute atomic E-state index is 12.1. The molecule has 126 valence electrons. The molecule has 1 heterocycles. The molecule has 0 aliphatic heterocycles. The average Bonchev–Trinajstić information content (AvgIpc) is 2.56. The lowest BCUT2D eigenvalue weighted by Crippen LogP contribution is -2.31. The highest BCUT2D eigenvalue weighted by Gasteiger charge is 2.14. The molecule has 6 nitrogen and oxygen atoms in total. The molecule has 0 amide bonds. The highest BCUT2D eigenvalue weighted by Crippen LogP contribution is 2.20. The van der Waals surface area contributed by atoms with E-state index in [9.17, 15) is 14.7 Å². The highest BCUT2D eigenvalue weighted by atomic mass is 79.9. The van der Waals surface area contributed by atoms with Gasteiger partial charge in [-0.25, -0.2) is 9.36 Å². The van der Waals surface area contributed by atoms with Crippen LogP contribution in [0.15, 0.2) is 67.6 Å². The van der Waals surface area contributed by atoms with Crippen LogP contribution in [0.2, 0.25) is 5.02 Å². The van der Waals surface area contributed by atoms with Gasteiger partial charge in [0, 0.05) is 15.7 Å². The third kappa shape index (κ3) is 3.72. The van der Waals surface area contributed by atoms with Crippen LogP contribution in [0.3, 0.4) is 0 Å².